The summed E-state index contributed by atoms with van der Waals surface area (Å²) in [6, 6.07) is 10.9. The lowest BCUT2D eigenvalue weighted by Crippen LogP contribution is -2.43. The number of likely N-dealkylation sites (tertiary alicyclic amines) is 1. The molecule has 2 aromatic rings. The zero-order chi connectivity index (χ0) is 22.6. The first-order valence-electron chi connectivity index (χ1n) is 9.89. The first-order valence-corrected chi connectivity index (χ1v) is 9.89. The monoisotopic (exact) mass is 443 g/mol. The van der Waals surface area contributed by atoms with Crippen LogP contribution in [0.5, 0.6) is 0 Å². The third kappa shape index (κ3) is 5.89. The van der Waals surface area contributed by atoms with Crippen molar-refractivity contribution in [1.82, 2.24) is 4.90 Å². The Labute approximate surface area is 177 Å². The van der Waals surface area contributed by atoms with E-state index in [1.165, 1.54) is 0 Å². The Morgan fingerprint density at radius 3 is 2.13 bits per heavy atom. The van der Waals surface area contributed by atoms with Crippen LogP contribution in [0.2, 0.25) is 0 Å². The zero-order valence-electron chi connectivity index (χ0n) is 16.7. The fourth-order valence-corrected chi connectivity index (χ4v) is 3.95. The molecule has 0 radical (unpaired) electrons. The summed E-state index contributed by atoms with van der Waals surface area (Å²) in [6.45, 7) is 4.82. The maximum absolute atomic E-state index is 13.1. The highest BCUT2D eigenvalue weighted by Gasteiger charge is 2.37. The van der Waals surface area contributed by atoms with Crippen molar-refractivity contribution in [3.63, 3.8) is 0 Å². The van der Waals surface area contributed by atoms with Gasteiger partial charge in [-0.2, -0.15) is 26.3 Å². The second-order valence-corrected chi connectivity index (χ2v) is 7.54. The van der Waals surface area contributed by atoms with E-state index >= 15 is 0 Å². The minimum absolute atomic E-state index is 0.128. The predicted octanol–water partition coefficient (Wildman–Crippen LogP) is 6.63. The van der Waals surface area contributed by atoms with Gasteiger partial charge >= 0.3 is 12.4 Å². The Bertz CT molecular complexity index is 846. The average molecular weight is 443 g/mol. The van der Waals surface area contributed by atoms with E-state index in [9.17, 15) is 26.3 Å². The summed E-state index contributed by atoms with van der Waals surface area (Å²) in [5.41, 5.74) is -1.85. The molecule has 0 N–H and O–H groups in total. The minimum atomic E-state index is -4.88. The van der Waals surface area contributed by atoms with Gasteiger partial charge in [-0.3, -0.25) is 4.90 Å². The Morgan fingerprint density at radius 1 is 0.968 bits per heavy atom. The number of halogens is 6. The molecule has 2 nitrogen and oxygen atoms in total. The van der Waals surface area contributed by atoms with E-state index in [-0.39, 0.29) is 30.4 Å². The van der Waals surface area contributed by atoms with Crippen LogP contribution in [0.1, 0.15) is 41.1 Å². The van der Waals surface area contributed by atoms with Crippen molar-refractivity contribution < 1.29 is 31.1 Å². The van der Waals surface area contributed by atoms with Crippen LogP contribution in [0.25, 0.3) is 0 Å². The molecule has 168 valence electrons. The summed E-state index contributed by atoms with van der Waals surface area (Å²) in [5, 5.41) is 0. The first-order chi connectivity index (χ1) is 14.6. The van der Waals surface area contributed by atoms with Gasteiger partial charge in [-0.15, -0.1) is 6.58 Å². The van der Waals surface area contributed by atoms with Gasteiger partial charge < -0.3 is 4.74 Å². The Morgan fingerprint density at radius 2 is 1.58 bits per heavy atom. The molecule has 1 saturated heterocycles. The Hall–Kier alpha value is -2.32. The normalized spacial score (nSPS) is 20.6. The Balaban J connectivity index is 1.86. The molecule has 31 heavy (non-hydrogen) atoms. The molecule has 2 atom stereocenters. The van der Waals surface area contributed by atoms with Crippen LogP contribution in [0.4, 0.5) is 26.3 Å². The van der Waals surface area contributed by atoms with Gasteiger partial charge in [0.2, 0.25) is 0 Å². The van der Waals surface area contributed by atoms with Crippen LogP contribution in [0.15, 0.2) is 61.2 Å². The highest BCUT2D eigenvalue weighted by atomic mass is 19.4. The van der Waals surface area contributed by atoms with Crippen LogP contribution in [0, 0.1) is 0 Å². The molecule has 2 aromatic carbocycles. The number of alkyl halides is 6. The molecule has 1 fully saturated rings. The van der Waals surface area contributed by atoms with E-state index in [1.54, 1.807) is 6.08 Å². The first kappa shape index (κ1) is 23.3. The maximum Gasteiger partial charge on any atom is 0.416 e. The summed E-state index contributed by atoms with van der Waals surface area (Å²) < 4.78 is 84.7. The molecule has 0 bridgehead atoms. The number of rotatable bonds is 6. The Kier molecular flexibility index (Phi) is 7.11. The third-order valence-corrected chi connectivity index (χ3v) is 5.30. The number of hydrogen-bond donors (Lipinski definition) is 0. The van der Waals surface area contributed by atoms with Gasteiger partial charge in [0.25, 0.3) is 0 Å². The van der Waals surface area contributed by atoms with Crippen LogP contribution < -0.4 is 0 Å². The van der Waals surface area contributed by atoms with E-state index < -0.39 is 23.5 Å². The molecule has 3 rings (SSSR count). The molecule has 1 aliphatic heterocycles. The second kappa shape index (κ2) is 9.44. The smallest absolute Gasteiger partial charge is 0.372 e. The van der Waals surface area contributed by atoms with Gasteiger partial charge in [-0.25, -0.2) is 0 Å². The molecular weight excluding hydrogens is 420 g/mol. The number of hydrogen-bond acceptors (Lipinski definition) is 2. The summed E-state index contributed by atoms with van der Waals surface area (Å²) in [5.74, 6) is 0. The molecule has 1 aliphatic rings. The maximum atomic E-state index is 13.1. The van der Waals surface area contributed by atoms with Gasteiger partial charge in [0.05, 0.1) is 29.9 Å². The average Bonchev–Trinajstić information content (AvgIpc) is 2.72. The van der Waals surface area contributed by atoms with Crippen molar-refractivity contribution in [3.8, 4) is 0 Å². The molecule has 0 amide bonds. The molecule has 0 saturated carbocycles. The standard InChI is InChI=1S/C23H23F6NO/c1-2-10-30-11-6-9-20(21(30)17-7-4-3-5-8-17)31-15-16-12-18(22(24,25)26)14-19(13-16)23(27,28)29/h2-5,7-8,12-14,20-21H,1,6,9-11,15H2/t20-,21-/m0/s1. The van der Waals surface area contributed by atoms with Crippen LogP contribution >= 0.6 is 0 Å². The lowest BCUT2D eigenvalue weighted by atomic mass is 9.92. The van der Waals surface area contributed by atoms with Crippen LogP contribution in [-0.2, 0) is 23.7 Å². The second-order valence-electron chi connectivity index (χ2n) is 7.54. The van der Waals surface area contributed by atoms with Gasteiger partial charge in [0.1, 0.15) is 0 Å². The van der Waals surface area contributed by atoms with Crippen molar-refractivity contribution in [2.75, 3.05) is 13.1 Å². The summed E-state index contributed by atoms with van der Waals surface area (Å²) in [6.07, 6.45) is -6.92. The molecule has 0 unspecified atom stereocenters. The SMILES string of the molecule is C=CCN1CCC[C@H](OCc2cc(C(F)(F)F)cc(C(F)(F)F)c2)[C@@H]1c1ccccc1. The van der Waals surface area contributed by atoms with E-state index in [1.807, 2.05) is 30.3 Å². The molecule has 0 aromatic heterocycles. The molecule has 1 heterocycles. The zero-order valence-corrected chi connectivity index (χ0v) is 16.7. The number of piperidine rings is 1. The highest BCUT2D eigenvalue weighted by molar-refractivity contribution is 5.33. The van der Waals surface area contributed by atoms with Crippen LogP contribution in [-0.4, -0.2) is 24.1 Å². The lowest BCUT2D eigenvalue weighted by molar-refractivity contribution is -0.143. The quantitative estimate of drug-likeness (QED) is 0.367. The van der Waals surface area contributed by atoms with Gasteiger partial charge in [-0.1, -0.05) is 36.4 Å². The molecule has 8 heteroatoms. The molecule has 0 spiro atoms. The minimum Gasteiger partial charge on any atom is -0.372 e. The fourth-order valence-electron chi connectivity index (χ4n) is 3.95. The van der Waals surface area contributed by atoms with Crippen molar-refractivity contribution in [1.29, 1.82) is 0 Å². The van der Waals surface area contributed by atoms with Crippen molar-refractivity contribution in [2.24, 2.45) is 0 Å². The largest absolute Gasteiger partial charge is 0.416 e. The number of benzene rings is 2. The summed E-state index contributed by atoms with van der Waals surface area (Å²) >= 11 is 0. The van der Waals surface area contributed by atoms with Gasteiger partial charge in [0, 0.05) is 6.54 Å². The molecule has 0 aliphatic carbocycles. The van der Waals surface area contributed by atoms with Crippen molar-refractivity contribution in [2.45, 2.75) is 43.9 Å². The van der Waals surface area contributed by atoms with Crippen molar-refractivity contribution >= 4 is 0 Å². The lowest BCUT2D eigenvalue weighted by Gasteiger charge is -2.41. The molecular formula is C23H23F6NO. The summed E-state index contributed by atoms with van der Waals surface area (Å²) in [4.78, 5) is 2.16. The van der Waals surface area contributed by atoms with Crippen molar-refractivity contribution in [3.05, 3.63) is 83.4 Å². The van der Waals surface area contributed by atoms with E-state index in [0.29, 0.717) is 13.0 Å². The third-order valence-electron chi connectivity index (χ3n) is 5.30. The fraction of sp³-hybridized carbons (Fsp3) is 0.391. The highest BCUT2D eigenvalue weighted by Crippen LogP contribution is 2.38. The summed E-state index contributed by atoms with van der Waals surface area (Å²) in [7, 11) is 0. The number of ether oxygens (including phenoxy) is 1. The predicted molar refractivity (Wildman–Crippen MR) is 105 cm³/mol. The van der Waals surface area contributed by atoms with Crippen LogP contribution in [0.3, 0.4) is 0 Å². The van der Waals surface area contributed by atoms with Gasteiger partial charge in [0.15, 0.2) is 0 Å². The van der Waals surface area contributed by atoms with E-state index in [2.05, 4.69) is 11.5 Å². The van der Waals surface area contributed by atoms with E-state index in [4.69, 9.17) is 4.74 Å². The number of nitrogens with zero attached hydrogens (tertiary/aromatic N) is 1. The van der Waals surface area contributed by atoms with Gasteiger partial charge in [-0.05, 0) is 48.7 Å². The topological polar surface area (TPSA) is 12.5 Å². The van der Waals surface area contributed by atoms with E-state index in [0.717, 1.165) is 30.7 Å².